The number of carbonyl (C=O) groups is 1. The molecule has 0 radical (unpaired) electrons. The van der Waals surface area contributed by atoms with Crippen LogP contribution in [0.3, 0.4) is 0 Å². The predicted octanol–water partition coefficient (Wildman–Crippen LogP) is 3.58. The van der Waals surface area contributed by atoms with Crippen molar-refractivity contribution in [3.8, 4) is 0 Å². The molecule has 0 spiro atoms. The SMILES string of the molecule is CC(=O)N[C@@H](CC(F)(F)F)c1ccccc1Br. The molecular weight excluding hydrogens is 299 g/mol. The second-order valence-corrected chi connectivity index (χ2v) is 4.45. The molecule has 0 aliphatic rings. The van der Waals surface area contributed by atoms with Crippen LogP contribution in [0.25, 0.3) is 0 Å². The fourth-order valence-electron chi connectivity index (χ4n) is 1.47. The Morgan fingerprint density at radius 2 is 2.00 bits per heavy atom. The number of alkyl halides is 3. The lowest BCUT2D eigenvalue weighted by Gasteiger charge is -2.21. The molecule has 0 heterocycles. The molecule has 1 atom stereocenters. The molecule has 0 aliphatic heterocycles. The van der Waals surface area contributed by atoms with Crippen LogP contribution >= 0.6 is 15.9 Å². The number of hydrogen-bond donors (Lipinski definition) is 1. The first-order valence-electron chi connectivity index (χ1n) is 4.88. The molecule has 6 heteroatoms. The topological polar surface area (TPSA) is 29.1 Å². The third-order valence-electron chi connectivity index (χ3n) is 2.09. The van der Waals surface area contributed by atoms with E-state index in [2.05, 4.69) is 21.2 Å². The monoisotopic (exact) mass is 309 g/mol. The van der Waals surface area contributed by atoms with Gasteiger partial charge in [-0.15, -0.1) is 0 Å². The van der Waals surface area contributed by atoms with E-state index in [1.54, 1.807) is 24.3 Å². The van der Waals surface area contributed by atoms with Crippen LogP contribution in [0.4, 0.5) is 13.2 Å². The molecule has 1 amide bonds. The summed E-state index contributed by atoms with van der Waals surface area (Å²) in [5, 5.41) is 2.30. The molecule has 0 fully saturated rings. The minimum absolute atomic E-state index is 0.417. The predicted molar refractivity (Wildman–Crippen MR) is 61.4 cm³/mol. The van der Waals surface area contributed by atoms with Gasteiger partial charge in [0.25, 0.3) is 0 Å². The zero-order chi connectivity index (χ0) is 13.1. The van der Waals surface area contributed by atoms with Gasteiger partial charge in [0.05, 0.1) is 12.5 Å². The molecule has 1 N–H and O–H groups in total. The molecule has 0 unspecified atom stereocenters. The number of rotatable bonds is 3. The second-order valence-electron chi connectivity index (χ2n) is 3.59. The summed E-state index contributed by atoms with van der Waals surface area (Å²) in [6.07, 6.45) is -5.42. The lowest BCUT2D eigenvalue weighted by atomic mass is 10.0. The fraction of sp³-hybridized carbons (Fsp3) is 0.364. The first-order valence-corrected chi connectivity index (χ1v) is 5.67. The van der Waals surface area contributed by atoms with Gasteiger partial charge in [-0.3, -0.25) is 4.79 Å². The summed E-state index contributed by atoms with van der Waals surface area (Å²) in [5.41, 5.74) is 0.417. The van der Waals surface area contributed by atoms with Gasteiger partial charge in [0.2, 0.25) is 5.91 Å². The van der Waals surface area contributed by atoms with Gasteiger partial charge >= 0.3 is 6.18 Å². The van der Waals surface area contributed by atoms with E-state index < -0.39 is 24.5 Å². The highest BCUT2D eigenvalue weighted by atomic mass is 79.9. The maximum Gasteiger partial charge on any atom is 0.391 e. The van der Waals surface area contributed by atoms with Gasteiger partial charge in [-0.2, -0.15) is 13.2 Å². The molecule has 2 nitrogen and oxygen atoms in total. The van der Waals surface area contributed by atoms with Crippen molar-refractivity contribution in [2.24, 2.45) is 0 Å². The van der Waals surface area contributed by atoms with Crippen molar-refractivity contribution in [3.63, 3.8) is 0 Å². The van der Waals surface area contributed by atoms with Gasteiger partial charge in [-0.25, -0.2) is 0 Å². The highest BCUT2D eigenvalue weighted by Crippen LogP contribution is 2.32. The second kappa shape index (κ2) is 5.53. The van der Waals surface area contributed by atoms with Crippen molar-refractivity contribution in [1.29, 1.82) is 0 Å². The number of nitrogens with one attached hydrogen (secondary N) is 1. The molecular formula is C11H11BrF3NO. The average Bonchev–Trinajstić information content (AvgIpc) is 2.14. The third kappa shape index (κ3) is 4.77. The standard InChI is InChI=1S/C11H11BrF3NO/c1-7(17)16-10(6-11(13,14)15)8-4-2-3-5-9(8)12/h2-5,10H,6H2,1H3,(H,16,17)/t10-/m0/s1. The zero-order valence-electron chi connectivity index (χ0n) is 9.01. The summed E-state index contributed by atoms with van der Waals surface area (Å²) < 4.78 is 37.8. The van der Waals surface area contributed by atoms with E-state index in [1.807, 2.05) is 0 Å². The molecule has 0 saturated carbocycles. The van der Waals surface area contributed by atoms with Gasteiger partial charge < -0.3 is 5.32 Å². The largest absolute Gasteiger partial charge is 0.391 e. The number of benzene rings is 1. The van der Waals surface area contributed by atoms with Crippen LogP contribution < -0.4 is 5.32 Å². The van der Waals surface area contributed by atoms with Gasteiger partial charge in [0.15, 0.2) is 0 Å². The van der Waals surface area contributed by atoms with Gasteiger partial charge in [0.1, 0.15) is 0 Å². The normalized spacial score (nSPS) is 13.2. The highest BCUT2D eigenvalue weighted by Gasteiger charge is 2.33. The first kappa shape index (κ1) is 14.0. The summed E-state index contributed by atoms with van der Waals surface area (Å²) in [6, 6.07) is 5.46. The highest BCUT2D eigenvalue weighted by molar-refractivity contribution is 9.10. The Kier molecular flexibility index (Phi) is 4.56. The minimum Gasteiger partial charge on any atom is -0.349 e. The Morgan fingerprint density at radius 1 is 1.41 bits per heavy atom. The minimum atomic E-state index is -4.33. The molecule has 0 saturated heterocycles. The number of halogens is 4. The number of hydrogen-bond acceptors (Lipinski definition) is 1. The fourth-order valence-corrected chi connectivity index (χ4v) is 2.03. The molecule has 17 heavy (non-hydrogen) atoms. The van der Waals surface area contributed by atoms with Gasteiger partial charge in [0, 0.05) is 11.4 Å². The van der Waals surface area contributed by atoms with Crippen LogP contribution in [0.15, 0.2) is 28.7 Å². The molecule has 1 aromatic rings. The van der Waals surface area contributed by atoms with Gasteiger partial charge in [-0.1, -0.05) is 34.1 Å². The third-order valence-corrected chi connectivity index (χ3v) is 2.82. The van der Waals surface area contributed by atoms with Crippen molar-refractivity contribution < 1.29 is 18.0 Å². The Balaban J connectivity index is 2.98. The lowest BCUT2D eigenvalue weighted by Crippen LogP contribution is -2.30. The summed E-state index contributed by atoms with van der Waals surface area (Å²) in [4.78, 5) is 10.9. The molecule has 0 aromatic heterocycles. The molecule has 1 rings (SSSR count). The van der Waals surface area contributed by atoms with Gasteiger partial charge in [-0.05, 0) is 11.6 Å². The van der Waals surface area contributed by atoms with Crippen LogP contribution in [-0.4, -0.2) is 12.1 Å². The van der Waals surface area contributed by atoms with E-state index in [0.717, 1.165) is 0 Å². The van der Waals surface area contributed by atoms with Crippen molar-refractivity contribution in [1.82, 2.24) is 5.32 Å². The van der Waals surface area contributed by atoms with Crippen molar-refractivity contribution in [2.45, 2.75) is 25.6 Å². The summed E-state index contributed by atoms with van der Waals surface area (Å²) >= 11 is 3.18. The Hall–Kier alpha value is -1.04. The van der Waals surface area contributed by atoms with Crippen molar-refractivity contribution in [2.75, 3.05) is 0 Å². The lowest BCUT2D eigenvalue weighted by molar-refractivity contribution is -0.142. The quantitative estimate of drug-likeness (QED) is 0.908. The average molecular weight is 310 g/mol. The maximum atomic E-state index is 12.4. The molecule has 0 bridgehead atoms. The van der Waals surface area contributed by atoms with Crippen LogP contribution in [0.5, 0.6) is 0 Å². The summed E-state index contributed by atoms with van der Waals surface area (Å²) in [6.45, 7) is 1.19. The molecule has 0 aliphatic carbocycles. The Morgan fingerprint density at radius 3 is 2.47 bits per heavy atom. The Bertz CT molecular complexity index is 406. The molecule has 1 aromatic carbocycles. The number of amides is 1. The van der Waals surface area contributed by atoms with E-state index in [-0.39, 0.29) is 0 Å². The van der Waals surface area contributed by atoms with Crippen molar-refractivity contribution in [3.05, 3.63) is 34.3 Å². The van der Waals surface area contributed by atoms with E-state index in [1.165, 1.54) is 6.92 Å². The van der Waals surface area contributed by atoms with E-state index >= 15 is 0 Å². The Labute approximate surface area is 105 Å². The smallest absolute Gasteiger partial charge is 0.349 e. The summed E-state index contributed by atoms with van der Waals surface area (Å²) in [5.74, 6) is -0.491. The first-order chi connectivity index (χ1) is 7.79. The maximum absolute atomic E-state index is 12.4. The van der Waals surface area contributed by atoms with Crippen molar-refractivity contribution >= 4 is 21.8 Å². The van der Waals surface area contributed by atoms with E-state index in [9.17, 15) is 18.0 Å². The summed E-state index contributed by atoms with van der Waals surface area (Å²) in [7, 11) is 0. The van der Waals surface area contributed by atoms with E-state index in [4.69, 9.17) is 0 Å². The van der Waals surface area contributed by atoms with E-state index in [0.29, 0.717) is 10.0 Å². The van der Waals surface area contributed by atoms with Crippen LogP contribution in [0, 0.1) is 0 Å². The van der Waals surface area contributed by atoms with Crippen LogP contribution in [0.2, 0.25) is 0 Å². The van der Waals surface area contributed by atoms with Crippen LogP contribution in [0.1, 0.15) is 24.9 Å². The number of carbonyl (C=O) groups excluding carboxylic acids is 1. The molecule has 94 valence electrons. The zero-order valence-corrected chi connectivity index (χ0v) is 10.6. The van der Waals surface area contributed by atoms with Crippen LogP contribution in [-0.2, 0) is 4.79 Å².